The molecule has 1 heterocycles. The normalized spacial score (nSPS) is 12.5. The molecule has 2 nitrogen and oxygen atoms in total. The number of rotatable bonds is 3. The molecular weight excluding hydrogens is 275 g/mol. The predicted molar refractivity (Wildman–Crippen MR) is 71.1 cm³/mol. The van der Waals surface area contributed by atoms with Crippen molar-refractivity contribution >= 4 is 22.9 Å². The van der Waals surface area contributed by atoms with Crippen molar-refractivity contribution in [1.29, 1.82) is 0 Å². The monoisotopic (exact) mass is 286 g/mol. The molecule has 0 aliphatic carbocycles. The fourth-order valence-electron chi connectivity index (χ4n) is 1.71. The van der Waals surface area contributed by atoms with Gasteiger partial charge in [-0.05, 0) is 36.1 Å². The van der Waals surface area contributed by atoms with E-state index in [9.17, 15) is 9.50 Å². The number of thiophene rings is 1. The Balaban J connectivity index is 2.46. The third-order valence-electron chi connectivity index (χ3n) is 2.70. The fourth-order valence-corrected chi connectivity index (χ4v) is 2.82. The van der Waals surface area contributed by atoms with Gasteiger partial charge in [-0.15, -0.1) is 11.3 Å². The smallest absolute Gasteiger partial charge is 0.135 e. The van der Waals surface area contributed by atoms with Crippen LogP contribution < -0.4 is 4.74 Å². The van der Waals surface area contributed by atoms with Gasteiger partial charge in [0.25, 0.3) is 0 Å². The second-order valence-electron chi connectivity index (χ2n) is 3.88. The van der Waals surface area contributed by atoms with E-state index in [1.807, 2.05) is 5.38 Å². The van der Waals surface area contributed by atoms with Crippen molar-refractivity contribution in [2.45, 2.75) is 13.0 Å². The first-order valence-corrected chi connectivity index (χ1v) is 6.55. The van der Waals surface area contributed by atoms with Crippen LogP contribution in [-0.4, -0.2) is 12.2 Å². The number of methoxy groups -OCH3 is 1. The Hall–Kier alpha value is -1.10. The molecule has 1 atom stereocenters. The molecule has 1 unspecified atom stereocenters. The molecule has 5 heteroatoms. The number of aliphatic hydroxyl groups excluding tert-OH is 1. The first kappa shape index (κ1) is 13.3. The molecule has 18 heavy (non-hydrogen) atoms. The summed E-state index contributed by atoms with van der Waals surface area (Å²) in [7, 11) is 1.54. The Kier molecular flexibility index (Phi) is 3.90. The van der Waals surface area contributed by atoms with E-state index in [-0.39, 0.29) is 10.8 Å². The molecule has 0 saturated carbocycles. The summed E-state index contributed by atoms with van der Waals surface area (Å²) >= 11 is 7.34. The molecule has 0 fully saturated rings. The van der Waals surface area contributed by atoms with E-state index in [1.54, 1.807) is 19.1 Å². The highest BCUT2D eigenvalue weighted by atomic mass is 35.5. The van der Waals surface area contributed by atoms with Gasteiger partial charge in [-0.25, -0.2) is 4.39 Å². The summed E-state index contributed by atoms with van der Waals surface area (Å²) in [5.74, 6) is 0.222. The maximum Gasteiger partial charge on any atom is 0.135 e. The lowest BCUT2D eigenvalue weighted by Crippen LogP contribution is -2.01. The van der Waals surface area contributed by atoms with Crippen LogP contribution >= 0.6 is 22.9 Å². The van der Waals surface area contributed by atoms with Crippen molar-refractivity contribution in [3.63, 3.8) is 0 Å². The van der Waals surface area contributed by atoms with Gasteiger partial charge in [-0.3, -0.25) is 0 Å². The average molecular weight is 287 g/mol. The van der Waals surface area contributed by atoms with E-state index in [0.29, 0.717) is 21.8 Å². The first-order valence-electron chi connectivity index (χ1n) is 5.29. The molecule has 0 bridgehead atoms. The Morgan fingerprint density at radius 2 is 2.17 bits per heavy atom. The standard InChI is InChI=1S/C13H12ClFO2S/c1-7-5-8(9(14)6-10(7)15)12(16)13-11(17-2)3-4-18-13/h3-6,12,16H,1-2H3. The number of hydrogen-bond donors (Lipinski definition) is 1. The molecule has 0 amide bonds. The number of aliphatic hydroxyl groups is 1. The largest absolute Gasteiger partial charge is 0.495 e. The van der Waals surface area contributed by atoms with Crippen molar-refractivity contribution in [1.82, 2.24) is 0 Å². The van der Waals surface area contributed by atoms with Crippen molar-refractivity contribution in [3.05, 3.63) is 50.4 Å². The minimum atomic E-state index is -0.910. The van der Waals surface area contributed by atoms with Crippen LogP contribution in [-0.2, 0) is 0 Å². The zero-order valence-electron chi connectivity index (χ0n) is 9.91. The molecule has 1 aromatic heterocycles. The molecule has 2 aromatic rings. The van der Waals surface area contributed by atoms with Crippen LogP contribution in [0.3, 0.4) is 0 Å². The quantitative estimate of drug-likeness (QED) is 0.926. The third kappa shape index (κ3) is 2.36. The van der Waals surface area contributed by atoms with Gasteiger partial charge >= 0.3 is 0 Å². The van der Waals surface area contributed by atoms with Crippen LogP contribution in [0.5, 0.6) is 5.75 Å². The van der Waals surface area contributed by atoms with Crippen molar-refractivity contribution < 1.29 is 14.2 Å². The molecule has 0 aliphatic heterocycles. The zero-order valence-corrected chi connectivity index (χ0v) is 11.5. The van der Waals surface area contributed by atoms with Crippen molar-refractivity contribution in [2.75, 3.05) is 7.11 Å². The highest BCUT2D eigenvalue weighted by molar-refractivity contribution is 7.10. The van der Waals surface area contributed by atoms with E-state index < -0.39 is 6.10 Å². The van der Waals surface area contributed by atoms with Crippen molar-refractivity contribution in [2.24, 2.45) is 0 Å². The molecule has 0 saturated heterocycles. The van der Waals surface area contributed by atoms with Gasteiger partial charge in [0.15, 0.2) is 0 Å². The molecule has 2 rings (SSSR count). The highest BCUT2D eigenvalue weighted by Gasteiger charge is 2.20. The average Bonchev–Trinajstić information content (AvgIpc) is 2.81. The maximum atomic E-state index is 13.3. The summed E-state index contributed by atoms with van der Waals surface area (Å²) in [6.07, 6.45) is -0.910. The summed E-state index contributed by atoms with van der Waals surface area (Å²) in [6.45, 7) is 1.63. The van der Waals surface area contributed by atoms with Gasteiger partial charge < -0.3 is 9.84 Å². The topological polar surface area (TPSA) is 29.5 Å². The SMILES string of the molecule is COc1ccsc1C(O)c1cc(C)c(F)cc1Cl. The van der Waals surface area contributed by atoms with Crippen molar-refractivity contribution in [3.8, 4) is 5.75 Å². The van der Waals surface area contributed by atoms with E-state index >= 15 is 0 Å². The van der Waals surface area contributed by atoms with Gasteiger partial charge in [0.1, 0.15) is 17.7 Å². The number of hydrogen-bond acceptors (Lipinski definition) is 3. The Bertz CT molecular complexity index is 568. The summed E-state index contributed by atoms with van der Waals surface area (Å²) < 4.78 is 18.5. The molecule has 96 valence electrons. The Labute approximate surface area is 114 Å². The van der Waals surface area contributed by atoms with Gasteiger partial charge in [0, 0.05) is 10.6 Å². The number of aryl methyl sites for hydroxylation is 1. The van der Waals surface area contributed by atoms with Crippen LogP contribution in [0.4, 0.5) is 4.39 Å². The lowest BCUT2D eigenvalue weighted by Gasteiger charge is -2.14. The maximum absolute atomic E-state index is 13.3. The summed E-state index contributed by atoms with van der Waals surface area (Å²) in [5, 5.41) is 12.3. The minimum Gasteiger partial charge on any atom is -0.495 e. The summed E-state index contributed by atoms with van der Waals surface area (Å²) in [5.41, 5.74) is 0.931. The number of halogens is 2. The Morgan fingerprint density at radius 3 is 2.83 bits per heavy atom. The molecule has 1 N–H and O–H groups in total. The van der Waals surface area contributed by atoms with E-state index in [2.05, 4.69) is 0 Å². The van der Waals surface area contributed by atoms with Crippen LogP contribution in [0.1, 0.15) is 22.1 Å². The molecule has 0 radical (unpaired) electrons. The van der Waals surface area contributed by atoms with Gasteiger partial charge in [0.05, 0.1) is 12.0 Å². The van der Waals surface area contributed by atoms with Gasteiger partial charge in [0.2, 0.25) is 0 Å². The molecule has 0 spiro atoms. The van der Waals surface area contributed by atoms with E-state index in [0.717, 1.165) is 0 Å². The molecule has 0 aliphatic rings. The van der Waals surface area contributed by atoms with Crippen LogP contribution in [0.15, 0.2) is 23.6 Å². The first-order chi connectivity index (χ1) is 8.54. The van der Waals surface area contributed by atoms with E-state index in [4.69, 9.17) is 16.3 Å². The minimum absolute atomic E-state index is 0.209. The lowest BCUT2D eigenvalue weighted by atomic mass is 10.0. The lowest BCUT2D eigenvalue weighted by molar-refractivity contribution is 0.219. The molecular formula is C13H12ClFO2S. The highest BCUT2D eigenvalue weighted by Crippen LogP contribution is 2.37. The summed E-state index contributed by atoms with van der Waals surface area (Å²) in [6, 6.07) is 4.55. The van der Waals surface area contributed by atoms with Crippen LogP contribution in [0, 0.1) is 12.7 Å². The zero-order chi connectivity index (χ0) is 13.3. The van der Waals surface area contributed by atoms with Crippen LogP contribution in [0.25, 0.3) is 0 Å². The predicted octanol–water partition coefficient (Wildman–Crippen LogP) is 3.94. The fraction of sp³-hybridized carbons (Fsp3) is 0.231. The second-order valence-corrected chi connectivity index (χ2v) is 5.23. The molecule has 1 aromatic carbocycles. The van der Waals surface area contributed by atoms with Gasteiger partial charge in [-0.2, -0.15) is 0 Å². The Morgan fingerprint density at radius 1 is 1.44 bits per heavy atom. The number of benzene rings is 1. The third-order valence-corrected chi connectivity index (χ3v) is 3.98. The van der Waals surface area contributed by atoms with E-state index in [1.165, 1.54) is 24.5 Å². The summed E-state index contributed by atoms with van der Waals surface area (Å²) in [4.78, 5) is 0.658. The second kappa shape index (κ2) is 5.26. The van der Waals surface area contributed by atoms with Gasteiger partial charge in [-0.1, -0.05) is 11.6 Å². The van der Waals surface area contributed by atoms with Crippen LogP contribution in [0.2, 0.25) is 5.02 Å². The number of ether oxygens (including phenoxy) is 1.